The lowest BCUT2D eigenvalue weighted by Crippen LogP contribution is -2.61. The number of carbonyl (C=O) groups excluding carboxylic acids is 1. The monoisotopic (exact) mass is 426 g/mol. The second-order valence-electron chi connectivity index (χ2n) is 6.91. The molecule has 0 aliphatic carbocycles. The summed E-state index contributed by atoms with van der Waals surface area (Å²) >= 11 is 0. The third-order valence-electron chi connectivity index (χ3n) is 4.69. The molecule has 2 heterocycles. The number of aliphatic hydroxyl groups is 6. The van der Waals surface area contributed by atoms with E-state index in [4.69, 9.17) is 24.1 Å². The van der Waals surface area contributed by atoms with Gasteiger partial charge in [-0.1, -0.05) is 0 Å². The van der Waals surface area contributed by atoms with Crippen LogP contribution >= 0.6 is 0 Å². The SMILES string of the molecule is C[C@@H]1O[C@@H](OC[C@H]2O[C@@H](OC(=O)CCC(=O)O)[C@H](O)[C@@H](O)[C@@H]2O)[C@H](O)[C@H](O)[C@H]1O. The lowest BCUT2D eigenvalue weighted by atomic mass is 9.98. The molecule has 2 rings (SSSR count). The van der Waals surface area contributed by atoms with E-state index >= 15 is 0 Å². The van der Waals surface area contributed by atoms with Gasteiger partial charge in [0.2, 0.25) is 6.29 Å². The largest absolute Gasteiger partial charge is 0.481 e. The maximum Gasteiger partial charge on any atom is 0.308 e. The minimum Gasteiger partial charge on any atom is -0.481 e. The van der Waals surface area contributed by atoms with Crippen molar-refractivity contribution >= 4 is 11.9 Å². The van der Waals surface area contributed by atoms with Gasteiger partial charge in [-0.25, -0.2) is 0 Å². The Morgan fingerprint density at radius 2 is 1.38 bits per heavy atom. The zero-order chi connectivity index (χ0) is 21.9. The first-order valence-corrected chi connectivity index (χ1v) is 8.95. The summed E-state index contributed by atoms with van der Waals surface area (Å²) in [5.41, 5.74) is 0. The van der Waals surface area contributed by atoms with Crippen molar-refractivity contribution in [3.8, 4) is 0 Å². The Morgan fingerprint density at radius 1 is 0.793 bits per heavy atom. The summed E-state index contributed by atoms with van der Waals surface area (Å²) in [6, 6.07) is 0. The average Bonchev–Trinajstić information content (AvgIpc) is 2.67. The lowest BCUT2D eigenvalue weighted by Gasteiger charge is -2.42. The van der Waals surface area contributed by atoms with Crippen molar-refractivity contribution in [2.75, 3.05) is 6.61 Å². The number of aliphatic carboxylic acids is 1. The molecule has 0 amide bonds. The normalized spacial score (nSPS) is 43.0. The lowest BCUT2D eigenvalue weighted by molar-refractivity contribution is -0.323. The summed E-state index contributed by atoms with van der Waals surface area (Å²) < 4.78 is 20.5. The molecule has 0 unspecified atom stereocenters. The number of rotatable bonds is 7. The fourth-order valence-corrected chi connectivity index (χ4v) is 2.89. The summed E-state index contributed by atoms with van der Waals surface area (Å²) in [6.45, 7) is 0.931. The standard InChI is InChI=1S/C16H26O13/c1-5-9(20)11(22)13(24)15(27-5)26-4-6-10(21)12(23)14(25)16(28-6)29-8(19)3-2-7(17)18/h5-6,9-16,20-25H,2-4H2,1H3,(H,17,18)/t5-,6+,9-,10+,11+,12-,13+,14+,15+,16-/m0/s1. The first-order chi connectivity index (χ1) is 13.5. The number of ether oxygens (including phenoxy) is 4. The molecule has 2 aliphatic heterocycles. The predicted molar refractivity (Wildman–Crippen MR) is 88.0 cm³/mol. The van der Waals surface area contributed by atoms with Crippen molar-refractivity contribution in [1.82, 2.24) is 0 Å². The zero-order valence-electron chi connectivity index (χ0n) is 15.5. The maximum atomic E-state index is 11.7. The number of esters is 1. The van der Waals surface area contributed by atoms with Crippen molar-refractivity contribution in [2.45, 2.75) is 81.2 Å². The van der Waals surface area contributed by atoms with Gasteiger partial charge in [0, 0.05) is 0 Å². The average molecular weight is 426 g/mol. The Labute approximate surface area is 165 Å². The first-order valence-electron chi connectivity index (χ1n) is 8.95. The van der Waals surface area contributed by atoms with Gasteiger partial charge in [-0.15, -0.1) is 0 Å². The van der Waals surface area contributed by atoms with E-state index in [0.717, 1.165) is 0 Å². The van der Waals surface area contributed by atoms with Crippen molar-refractivity contribution < 1.29 is 64.3 Å². The van der Waals surface area contributed by atoms with Crippen LogP contribution in [0.5, 0.6) is 0 Å². The molecule has 168 valence electrons. The summed E-state index contributed by atoms with van der Waals surface area (Å²) in [5, 5.41) is 67.8. The maximum absolute atomic E-state index is 11.7. The van der Waals surface area contributed by atoms with E-state index < -0.39 is 92.8 Å². The number of carbonyl (C=O) groups is 2. The molecule has 2 fully saturated rings. The van der Waals surface area contributed by atoms with E-state index in [0.29, 0.717) is 0 Å². The van der Waals surface area contributed by atoms with Crippen molar-refractivity contribution in [3.63, 3.8) is 0 Å². The number of hydrogen-bond donors (Lipinski definition) is 7. The van der Waals surface area contributed by atoms with Crippen LogP contribution < -0.4 is 0 Å². The molecule has 10 atom stereocenters. The molecule has 13 nitrogen and oxygen atoms in total. The second-order valence-corrected chi connectivity index (χ2v) is 6.91. The van der Waals surface area contributed by atoms with E-state index in [2.05, 4.69) is 0 Å². The van der Waals surface area contributed by atoms with E-state index in [1.807, 2.05) is 0 Å². The van der Waals surface area contributed by atoms with Crippen LogP contribution in [0.4, 0.5) is 0 Å². The molecule has 0 aromatic heterocycles. The van der Waals surface area contributed by atoms with Crippen molar-refractivity contribution in [2.24, 2.45) is 0 Å². The first kappa shape index (κ1) is 23.9. The number of carboxylic acids is 1. The van der Waals surface area contributed by atoms with Gasteiger partial charge in [-0.2, -0.15) is 0 Å². The van der Waals surface area contributed by atoms with E-state index in [1.165, 1.54) is 6.92 Å². The molecule has 0 bridgehead atoms. The minimum absolute atomic E-state index is 0.498. The van der Waals surface area contributed by atoms with Crippen LogP contribution in [-0.4, -0.2) is 116 Å². The van der Waals surface area contributed by atoms with Gasteiger partial charge in [0.05, 0.1) is 25.6 Å². The number of carboxylic acid groups (broad SMARTS) is 1. The van der Waals surface area contributed by atoms with Gasteiger partial charge in [0.1, 0.15) is 42.7 Å². The fraction of sp³-hybridized carbons (Fsp3) is 0.875. The predicted octanol–water partition coefficient (Wildman–Crippen LogP) is -3.95. The molecular formula is C16H26O13. The highest BCUT2D eigenvalue weighted by Gasteiger charge is 2.47. The van der Waals surface area contributed by atoms with Crippen molar-refractivity contribution in [1.29, 1.82) is 0 Å². The second kappa shape index (κ2) is 10.1. The highest BCUT2D eigenvalue weighted by atomic mass is 16.7. The minimum atomic E-state index is -1.80. The zero-order valence-corrected chi connectivity index (χ0v) is 15.5. The van der Waals surface area contributed by atoms with Gasteiger partial charge >= 0.3 is 11.9 Å². The molecule has 0 saturated carbocycles. The Kier molecular flexibility index (Phi) is 8.28. The Morgan fingerprint density at radius 3 is 2.00 bits per heavy atom. The third-order valence-corrected chi connectivity index (χ3v) is 4.69. The van der Waals surface area contributed by atoms with Crippen LogP contribution in [0.3, 0.4) is 0 Å². The molecule has 13 heteroatoms. The van der Waals surface area contributed by atoms with Gasteiger partial charge in [-0.05, 0) is 6.92 Å². The molecule has 0 radical (unpaired) electrons. The molecule has 2 saturated heterocycles. The van der Waals surface area contributed by atoms with Crippen LogP contribution in [0.25, 0.3) is 0 Å². The van der Waals surface area contributed by atoms with E-state index in [1.54, 1.807) is 0 Å². The molecular weight excluding hydrogens is 400 g/mol. The van der Waals surface area contributed by atoms with Crippen LogP contribution in [0, 0.1) is 0 Å². The van der Waals surface area contributed by atoms with Crippen LogP contribution in [0.1, 0.15) is 19.8 Å². The Bertz CT molecular complexity index is 571. The summed E-state index contributed by atoms with van der Waals surface area (Å²) in [6.07, 6.45) is -16.0. The van der Waals surface area contributed by atoms with E-state index in [-0.39, 0.29) is 0 Å². The van der Waals surface area contributed by atoms with Crippen molar-refractivity contribution in [3.05, 3.63) is 0 Å². The van der Waals surface area contributed by atoms with Crippen LogP contribution in [0.2, 0.25) is 0 Å². The summed E-state index contributed by atoms with van der Waals surface area (Å²) in [5.74, 6) is -2.24. The molecule has 7 N–H and O–H groups in total. The highest BCUT2D eigenvalue weighted by molar-refractivity contribution is 5.76. The Balaban J connectivity index is 1.95. The molecule has 0 spiro atoms. The van der Waals surface area contributed by atoms with Crippen LogP contribution in [0.15, 0.2) is 0 Å². The molecule has 2 aliphatic rings. The van der Waals surface area contributed by atoms with Gasteiger partial charge in [-0.3, -0.25) is 9.59 Å². The Hall–Kier alpha value is -1.42. The fourth-order valence-electron chi connectivity index (χ4n) is 2.89. The quantitative estimate of drug-likeness (QED) is 0.194. The third kappa shape index (κ3) is 5.81. The molecule has 0 aromatic rings. The van der Waals surface area contributed by atoms with Gasteiger partial charge in [0.15, 0.2) is 6.29 Å². The molecule has 29 heavy (non-hydrogen) atoms. The van der Waals surface area contributed by atoms with Crippen LogP contribution in [-0.2, 0) is 28.5 Å². The topological polar surface area (TPSA) is 213 Å². The number of aliphatic hydroxyl groups excluding tert-OH is 6. The summed E-state index contributed by atoms with van der Waals surface area (Å²) in [4.78, 5) is 22.1. The highest BCUT2D eigenvalue weighted by Crippen LogP contribution is 2.26. The number of hydrogen-bond acceptors (Lipinski definition) is 12. The van der Waals surface area contributed by atoms with Gasteiger partial charge < -0.3 is 54.7 Å². The molecule has 0 aromatic carbocycles. The van der Waals surface area contributed by atoms with E-state index in [9.17, 15) is 40.2 Å². The van der Waals surface area contributed by atoms with Gasteiger partial charge in [0.25, 0.3) is 0 Å². The smallest absolute Gasteiger partial charge is 0.308 e. The summed E-state index contributed by atoms with van der Waals surface area (Å²) in [7, 11) is 0.